The largest absolute Gasteiger partial charge is 0.381 e. The summed E-state index contributed by atoms with van der Waals surface area (Å²) in [6, 6.07) is 0. The molecule has 0 atom stereocenters. The summed E-state index contributed by atoms with van der Waals surface area (Å²) in [5.74, 6) is 1.23. The van der Waals surface area contributed by atoms with Gasteiger partial charge < -0.3 is 10.7 Å². The Morgan fingerprint density at radius 1 is 1.60 bits per heavy atom. The number of amidine groups is 1. The predicted octanol–water partition coefficient (Wildman–Crippen LogP) is 0.104. The quantitative estimate of drug-likeness (QED) is 0.464. The van der Waals surface area contributed by atoms with Crippen molar-refractivity contribution in [2.75, 3.05) is 4.72 Å². The lowest BCUT2D eigenvalue weighted by Gasteiger charge is -2.06. The standard InChI is InChI=1S/C4H5N5S/c5-3-2-4(7-1-6-2)9-10-8-3/h1,9H,(H2,5,8)(H,6,7). The van der Waals surface area contributed by atoms with Crippen LogP contribution in [0.2, 0.25) is 0 Å². The maximum atomic E-state index is 5.51. The topological polar surface area (TPSA) is 79.1 Å². The Morgan fingerprint density at radius 2 is 2.50 bits per heavy atom. The second-order valence-corrected chi connectivity index (χ2v) is 2.37. The molecule has 2 heterocycles. The average molecular weight is 155 g/mol. The fourth-order valence-electron chi connectivity index (χ4n) is 0.728. The maximum Gasteiger partial charge on any atom is 0.166 e. The summed E-state index contributed by atoms with van der Waals surface area (Å²) in [7, 11) is 0. The first-order valence-electron chi connectivity index (χ1n) is 2.67. The molecule has 0 amide bonds. The summed E-state index contributed by atoms with van der Waals surface area (Å²) < 4.78 is 6.75. The van der Waals surface area contributed by atoms with E-state index in [2.05, 4.69) is 19.1 Å². The van der Waals surface area contributed by atoms with Crippen LogP contribution in [0.15, 0.2) is 10.7 Å². The van der Waals surface area contributed by atoms with Gasteiger partial charge in [0.25, 0.3) is 0 Å². The highest BCUT2D eigenvalue weighted by Crippen LogP contribution is 2.19. The van der Waals surface area contributed by atoms with Crippen LogP contribution < -0.4 is 10.5 Å². The normalized spacial score (nSPS) is 15.4. The van der Waals surface area contributed by atoms with Gasteiger partial charge in [-0.25, -0.2) is 4.98 Å². The van der Waals surface area contributed by atoms with E-state index in [4.69, 9.17) is 5.73 Å². The van der Waals surface area contributed by atoms with Crippen molar-refractivity contribution in [2.24, 2.45) is 10.1 Å². The van der Waals surface area contributed by atoms with Crippen molar-refractivity contribution in [1.82, 2.24) is 9.97 Å². The number of hydrogen-bond acceptors (Lipinski definition) is 5. The minimum Gasteiger partial charge on any atom is -0.381 e. The molecule has 0 aromatic carbocycles. The van der Waals surface area contributed by atoms with Crippen LogP contribution in [-0.4, -0.2) is 15.8 Å². The molecule has 1 aromatic heterocycles. The predicted molar refractivity (Wildman–Crippen MR) is 40.5 cm³/mol. The number of fused-ring (bicyclic) bond motifs is 1. The molecular formula is C4H5N5S. The number of H-pyrrole nitrogens is 1. The zero-order chi connectivity index (χ0) is 6.97. The molecule has 1 aromatic rings. The lowest BCUT2D eigenvalue weighted by molar-refractivity contribution is 1.30. The van der Waals surface area contributed by atoms with E-state index in [-0.39, 0.29) is 0 Å². The monoisotopic (exact) mass is 155 g/mol. The molecule has 0 spiro atoms. The van der Waals surface area contributed by atoms with Crippen LogP contribution in [0.5, 0.6) is 0 Å². The Morgan fingerprint density at radius 3 is 3.30 bits per heavy atom. The second-order valence-electron chi connectivity index (χ2n) is 1.80. The van der Waals surface area contributed by atoms with Crippen LogP contribution in [0.1, 0.15) is 5.69 Å². The van der Waals surface area contributed by atoms with Crippen molar-refractivity contribution in [1.29, 1.82) is 0 Å². The first kappa shape index (κ1) is 5.60. The van der Waals surface area contributed by atoms with E-state index in [1.807, 2.05) is 0 Å². The molecule has 5 nitrogen and oxygen atoms in total. The van der Waals surface area contributed by atoms with Crippen molar-refractivity contribution in [3.63, 3.8) is 0 Å². The van der Waals surface area contributed by atoms with Gasteiger partial charge in [-0.15, -0.1) is 0 Å². The number of hydrogen-bond donors (Lipinski definition) is 3. The molecule has 6 heteroatoms. The Labute approximate surface area is 61.4 Å². The van der Waals surface area contributed by atoms with Gasteiger partial charge in [-0.3, -0.25) is 4.72 Å². The summed E-state index contributed by atoms with van der Waals surface area (Å²) in [5, 5.41) is 0. The number of rotatable bonds is 0. The third-order valence-corrected chi connectivity index (χ3v) is 1.75. The molecule has 0 unspecified atom stereocenters. The van der Waals surface area contributed by atoms with Gasteiger partial charge >= 0.3 is 0 Å². The van der Waals surface area contributed by atoms with Crippen molar-refractivity contribution in [3.05, 3.63) is 12.0 Å². The van der Waals surface area contributed by atoms with E-state index in [0.29, 0.717) is 5.84 Å². The zero-order valence-corrected chi connectivity index (χ0v) is 5.77. The van der Waals surface area contributed by atoms with Gasteiger partial charge in [0.05, 0.1) is 18.5 Å². The lowest BCUT2D eigenvalue weighted by Crippen LogP contribution is -2.17. The van der Waals surface area contributed by atoms with Gasteiger partial charge in [0, 0.05) is 0 Å². The number of aromatic amines is 1. The molecule has 0 aliphatic carbocycles. The van der Waals surface area contributed by atoms with Gasteiger partial charge in [-0.2, -0.15) is 4.40 Å². The van der Waals surface area contributed by atoms with E-state index < -0.39 is 0 Å². The smallest absolute Gasteiger partial charge is 0.166 e. The molecule has 0 saturated carbocycles. The van der Waals surface area contributed by atoms with Gasteiger partial charge in [0.15, 0.2) is 11.7 Å². The molecule has 1 aliphatic heterocycles. The average Bonchev–Trinajstić information content (AvgIpc) is 2.36. The van der Waals surface area contributed by atoms with Crippen molar-refractivity contribution >= 4 is 23.8 Å². The third-order valence-electron chi connectivity index (χ3n) is 1.18. The summed E-state index contributed by atoms with van der Waals surface area (Å²) in [6.45, 7) is 0. The second kappa shape index (κ2) is 1.91. The first-order valence-corrected chi connectivity index (χ1v) is 3.44. The van der Waals surface area contributed by atoms with Crippen LogP contribution in [0.3, 0.4) is 0 Å². The molecule has 2 rings (SSSR count). The van der Waals surface area contributed by atoms with Gasteiger partial charge in [-0.1, -0.05) is 0 Å². The van der Waals surface area contributed by atoms with E-state index in [9.17, 15) is 0 Å². The number of aromatic nitrogens is 2. The number of nitrogens with zero attached hydrogens (tertiary/aromatic N) is 2. The van der Waals surface area contributed by atoms with Crippen LogP contribution in [0, 0.1) is 0 Å². The molecule has 10 heavy (non-hydrogen) atoms. The molecule has 4 N–H and O–H groups in total. The van der Waals surface area contributed by atoms with Gasteiger partial charge in [0.2, 0.25) is 0 Å². The van der Waals surface area contributed by atoms with Crippen LogP contribution in [-0.2, 0) is 0 Å². The first-order chi connectivity index (χ1) is 4.88. The number of nitrogens with two attached hydrogens (primary N) is 1. The maximum absolute atomic E-state index is 5.51. The summed E-state index contributed by atoms with van der Waals surface area (Å²) in [5.41, 5.74) is 6.27. The van der Waals surface area contributed by atoms with Crippen molar-refractivity contribution in [3.8, 4) is 0 Å². The molecule has 1 aliphatic rings. The third kappa shape index (κ3) is 0.655. The highest BCUT2D eigenvalue weighted by atomic mass is 32.2. The summed E-state index contributed by atoms with van der Waals surface area (Å²) >= 11 is 1.18. The highest BCUT2D eigenvalue weighted by Gasteiger charge is 2.12. The Bertz CT molecular complexity index is 277. The Hall–Kier alpha value is -1.17. The molecule has 0 radical (unpaired) electrons. The van der Waals surface area contributed by atoms with Crippen LogP contribution in [0.25, 0.3) is 0 Å². The Kier molecular flexibility index (Phi) is 1.07. The minimum atomic E-state index is 0.483. The molecule has 0 fully saturated rings. The Balaban J connectivity index is 2.55. The molecule has 52 valence electrons. The molecular weight excluding hydrogens is 150 g/mol. The van der Waals surface area contributed by atoms with Crippen LogP contribution >= 0.6 is 12.1 Å². The van der Waals surface area contributed by atoms with E-state index in [1.165, 1.54) is 12.1 Å². The zero-order valence-electron chi connectivity index (χ0n) is 4.96. The SMILES string of the molecule is NC1=NSNc2nc[nH]c21. The number of anilines is 1. The van der Waals surface area contributed by atoms with Crippen LogP contribution in [0.4, 0.5) is 5.82 Å². The van der Waals surface area contributed by atoms with E-state index >= 15 is 0 Å². The van der Waals surface area contributed by atoms with Gasteiger partial charge in [0.1, 0.15) is 5.69 Å². The van der Waals surface area contributed by atoms with Gasteiger partial charge in [-0.05, 0) is 0 Å². The van der Waals surface area contributed by atoms with Crippen molar-refractivity contribution in [2.45, 2.75) is 0 Å². The summed E-state index contributed by atoms with van der Waals surface area (Å²) in [6.07, 6.45) is 1.58. The van der Waals surface area contributed by atoms with E-state index in [1.54, 1.807) is 6.33 Å². The highest BCUT2D eigenvalue weighted by molar-refractivity contribution is 7.99. The molecule has 0 bridgehead atoms. The summed E-state index contributed by atoms with van der Waals surface area (Å²) in [4.78, 5) is 6.82. The minimum absolute atomic E-state index is 0.483. The van der Waals surface area contributed by atoms with Crippen molar-refractivity contribution < 1.29 is 0 Å². The lowest BCUT2D eigenvalue weighted by atomic mass is 10.4. The fraction of sp³-hybridized carbons (Fsp3) is 0. The molecule has 0 saturated heterocycles. The van der Waals surface area contributed by atoms with E-state index in [0.717, 1.165) is 11.5 Å². The fourth-order valence-corrected chi connectivity index (χ4v) is 1.20. The number of imidazole rings is 1. The number of nitrogens with one attached hydrogen (secondary N) is 2.